The molecule has 0 radical (unpaired) electrons. The third-order valence-electron chi connectivity index (χ3n) is 8.57. The van der Waals surface area contributed by atoms with Crippen LogP contribution < -0.4 is 15.5 Å². The van der Waals surface area contributed by atoms with Crippen LogP contribution in [0.15, 0.2) is 54.7 Å². The zero-order valence-electron chi connectivity index (χ0n) is 25.6. The minimum Gasteiger partial charge on any atom is -0.380 e. The number of nitrogens with zero attached hydrogens (tertiary/aromatic N) is 5. The molecule has 12 nitrogen and oxygen atoms in total. The van der Waals surface area contributed by atoms with Gasteiger partial charge < -0.3 is 15.1 Å². The Bertz CT molecular complexity index is 1720. The van der Waals surface area contributed by atoms with Gasteiger partial charge in [0.1, 0.15) is 17.6 Å². The molecule has 5 amide bonds. The Balaban J connectivity index is 1.05. The van der Waals surface area contributed by atoms with E-state index in [0.29, 0.717) is 23.5 Å². The van der Waals surface area contributed by atoms with Crippen molar-refractivity contribution in [1.29, 1.82) is 0 Å². The smallest absolute Gasteiger partial charge is 0.271 e. The van der Waals surface area contributed by atoms with E-state index in [4.69, 9.17) is 0 Å². The first-order valence-corrected chi connectivity index (χ1v) is 15.1. The quantitative estimate of drug-likeness (QED) is 0.361. The molecular weight excluding hydrogens is 593 g/mol. The molecule has 2 saturated heterocycles. The van der Waals surface area contributed by atoms with Gasteiger partial charge in [-0.2, -0.15) is 0 Å². The van der Waals surface area contributed by atoms with Crippen molar-refractivity contribution in [2.24, 2.45) is 0 Å². The van der Waals surface area contributed by atoms with Crippen LogP contribution in [-0.4, -0.2) is 95.5 Å². The third-order valence-corrected chi connectivity index (χ3v) is 8.57. The summed E-state index contributed by atoms with van der Waals surface area (Å²) in [5.41, 5.74) is 3.24. The Morgan fingerprint density at radius 1 is 1.02 bits per heavy atom. The number of carbonyl (C=O) groups is 5. The van der Waals surface area contributed by atoms with Crippen molar-refractivity contribution < 1.29 is 28.4 Å². The lowest BCUT2D eigenvalue weighted by atomic mass is 10.0. The maximum absolute atomic E-state index is 15.2. The normalized spacial score (nSPS) is 18.5. The molecule has 4 heterocycles. The van der Waals surface area contributed by atoms with Crippen molar-refractivity contribution in [3.63, 3.8) is 0 Å². The van der Waals surface area contributed by atoms with E-state index >= 15 is 4.39 Å². The minimum atomic E-state index is -1.06. The van der Waals surface area contributed by atoms with Gasteiger partial charge in [0.25, 0.3) is 17.7 Å². The number of hydrogen-bond donors (Lipinski definition) is 2. The first-order chi connectivity index (χ1) is 22.1. The highest BCUT2D eigenvalue weighted by molar-refractivity contribution is 6.25. The van der Waals surface area contributed by atoms with Crippen LogP contribution in [0.3, 0.4) is 0 Å². The summed E-state index contributed by atoms with van der Waals surface area (Å²) in [6.45, 7) is 3.78. The number of amides is 5. The number of anilines is 2. The molecule has 2 aromatic carbocycles. The molecule has 3 aliphatic rings. The van der Waals surface area contributed by atoms with Gasteiger partial charge in [-0.05, 0) is 42.3 Å². The summed E-state index contributed by atoms with van der Waals surface area (Å²) >= 11 is 0. The van der Waals surface area contributed by atoms with Gasteiger partial charge in [-0.25, -0.2) is 9.37 Å². The fourth-order valence-corrected chi connectivity index (χ4v) is 6.04. The summed E-state index contributed by atoms with van der Waals surface area (Å²) in [6, 6.07) is 12.5. The molecule has 1 atom stereocenters. The van der Waals surface area contributed by atoms with Crippen molar-refractivity contribution in [2.75, 3.05) is 50.5 Å². The molecule has 6 rings (SSSR count). The highest BCUT2D eigenvalue weighted by Gasteiger charge is 2.45. The van der Waals surface area contributed by atoms with Gasteiger partial charge in [-0.15, -0.1) is 0 Å². The van der Waals surface area contributed by atoms with Crippen LogP contribution >= 0.6 is 0 Å². The number of rotatable bonds is 8. The number of carbonyl (C=O) groups excluding carboxylic acids is 5. The second-order valence-corrected chi connectivity index (χ2v) is 11.8. The standard InChI is InChI=1S/C33H34FN7O5/c1-38(2)32(45)26-9-8-22(18-36-26)40-14-12-39(13-15-40)19-20-6-7-21(24(34)16-20)17-35-25-5-3-4-23-29(25)33(46)41(31(23)44)27-10-11-28(42)37-30(27)43/h3-9,16,18,27,35H,10-15,17,19H2,1-2H3,(H,37,42,43). The number of nitrogens with one attached hydrogen (secondary N) is 2. The lowest BCUT2D eigenvalue weighted by Crippen LogP contribution is -2.54. The van der Waals surface area contributed by atoms with Crippen molar-refractivity contribution in [2.45, 2.75) is 32.0 Å². The molecule has 0 spiro atoms. The van der Waals surface area contributed by atoms with Gasteiger partial charge in [-0.1, -0.05) is 18.2 Å². The van der Waals surface area contributed by atoms with Crippen molar-refractivity contribution in [1.82, 2.24) is 25.0 Å². The Hall–Kier alpha value is -5.17. The van der Waals surface area contributed by atoms with Crippen LogP contribution in [0.1, 0.15) is 55.2 Å². The largest absolute Gasteiger partial charge is 0.380 e. The summed E-state index contributed by atoms with van der Waals surface area (Å²) < 4.78 is 15.2. The van der Waals surface area contributed by atoms with E-state index in [2.05, 4.69) is 25.4 Å². The third kappa shape index (κ3) is 6.05. The summed E-state index contributed by atoms with van der Waals surface area (Å²) in [7, 11) is 3.38. The molecule has 46 heavy (non-hydrogen) atoms. The minimum absolute atomic E-state index is 0.0358. The maximum Gasteiger partial charge on any atom is 0.271 e. The molecule has 0 saturated carbocycles. The molecule has 0 aliphatic carbocycles. The van der Waals surface area contributed by atoms with E-state index in [9.17, 15) is 24.0 Å². The monoisotopic (exact) mass is 627 g/mol. The fourth-order valence-electron chi connectivity index (χ4n) is 6.04. The van der Waals surface area contributed by atoms with Crippen LogP contribution in [0.5, 0.6) is 0 Å². The number of imide groups is 2. The summed E-state index contributed by atoms with van der Waals surface area (Å²) in [4.78, 5) is 73.7. The molecule has 3 aromatic rings. The lowest BCUT2D eigenvalue weighted by molar-refractivity contribution is -0.136. The first kappa shape index (κ1) is 30.8. The van der Waals surface area contributed by atoms with E-state index in [1.165, 1.54) is 17.0 Å². The van der Waals surface area contributed by atoms with E-state index < -0.39 is 29.7 Å². The summed E-state index contributed by atoms with van der Waals surface area (Å²) in [5, 5.41) is 5.28. The number of piperidine rings is 1. The SMILES string of the molecule is CN(C)C(=O)c1ccc(N2CCN(Cc3ccc(CNc4cccc5c4C(=O)N(C4CCC(=O)NC4=O)C5=O)c(F)c3)CC2)cn1. The Morgan fingerprint density at radius 2 is 1.80 bits per heavy atom. The van der Waals surface area contributed by atoms with Gasteiger partial charge in [0.15, 0.2) is 0 Å². The molecule has 13 heteroatoms. The van der Waals surface area contributed by atoms with Crippen molar-refractivity contribution in [3.8, 4) is 0 Å². The predicted molar refractivity (Wildman–Crippen MR) is 167 cm³/mol. The first-order valence-electron chi connectivity index (χ1n) is 15.1. The zero-order valence-corrected chi connectivity index (χ0v) is 25.6. The second kappa shape index (κ2) is 12.7. The average molecular weight is 628 g/mol. The number of halogens is 1. The Kier molecular flexibility index (Phi) is 8.50. The topological polar surface area (TPSA) is 135 Å². The number of piperazine rings is 1. The maximum atomic E-state index is 15.2. The number of benzene rings is 2. The van der Waals surface area contributed by atoms with Crippen LogP contribution in [0.25, 0.3) is 0 Å². The molecular formula is C33H34FN7O5. The molecule has 2 fully saturated rings. The van der Waals surface area contributed by atoms with E-state index in [-0.39, 0.29) is 42.2 Å². The molecule has 1 unspecified atom stereocenters. The van der Waals surface area contributed by atoms with Crippen LogP contribution in [0.2, 0.25) is 0 Å². The molecule has 3 aliphatic heterocycles. The van der Waals surface area contributed by atoms with Crippen LogP contribution in [-0.2, 0) is 22.7 Å². The van der Waals surface area contributed by atoms with Gasteiger partial charge in [0.05, 0.1) is 23.0 Å². The summed E-state index contributed by atoms with van der Waals surface area (Å²) in [5.74, 6) is -2.86. The highest BCUT2D eigenvalue weighted by atomic mass is 19.1. The Morgan fingerprint density at radius 3 is 2.48 bits per heavy atom. The zero-order chi connectivity index (χ0) is 32.5. The Labute approximate surface area is 265 Å². The van der Waals surface area contributed by atoms with E-state index in [0.717, 1.165) is 42.3 Å². The van der Waals surface area contributed by atoms with E-state index in [1.54, 1.807) is 44.6 Å². The molecule has 1 aromatic heterocycles. The van der Waals surface area contributed by atoms with E-state index in [1.807, 2.05) is 12.1 Å². The summed E-state index contributed by atoms with van der Waals surface area (Å²) in [6.07, 6.45) is 1.83. The van der Waals surface area contributed by atoms with Gasteiger partial charge in [0.2, 0.25) is 11.8 Å². The number of pyridine rings is 1. The van der Waals surface area contributed by atoms with Crippen LogP contribution in [0.4, 0.5) is 15.8 Å². The molecule has 238 valence electrons. The second-order valence-electron chi connectivity index (χ2n) is 11.8. The number of hydrogen-bond acceptors (Lipinski definition) is 9. The van der Waals surface area contributed by atoms with Crippen LogP contribution in [0, 0.1) is 5.82 Å². The van der Waals surface area contributed by atoms with Gasteiger partial charge in [0, 0.05) is 71.0 Å². The average Bonchev–Trinajstić information content (AvgIpc) is 3.30. The van der Waals surface area contributed by atoms with Gasteiger partial charge >= 0.3 is 0 Å². The predicted octanol–water partition coefficient (Wildman–Crippen LogP) is 2.26. The highest BCUT2D eigenvalue weighted by Crippen LogP contribution is 2.33. The van der Waals surface area contributed by atoms with Crippen molar-refractivity contribution >= 4 is 40.9 Å². The van der Waals surface area contributed by atoms with Crippen molar-refractivity contribution in [3.05, 3.63) is 88.5 Å². The number of aromatic nitrogens is 1. The van der Waals surface area contributed by atoms with Gasteiger partial charge in [-0.3, -0.25) is 39.1 Å². The number of fused-ring (bicyclic) bond motifs is 1. The lowest BCUT2D eigenvalue weighted by Gasteiger charge is -2.36. The molecule has 2 N–H and O–H groups in total. The fraction of sp³-hybridized carbons (Fsp3) is 0.333. The molecule has 0 bridgehead atoms.